The lowest BCUT2D eigenvalue weighted by atomic mass is 10.0. The lowest BCUT2D eigenvalue weighted by Gasteiger charge is -2.21. The van der Waals surface area contributed by atoms with Gasteiger partial charge in [0, 0.05) is 25.7 Å². The number of phosphoric ester groups is 2. The minimum Gasteiger partial charge on any atom is -0.462 e. The Morgan fingerprint density at radius 1 is 0.270 bits per heavy atom. The molecule has 0 rings (SSSR count). The highest BCUT2D eigenvalue weighted by Gasteiger charge is 2.30. The smallest absolute Gasteiger partial charge is 0.462 e. The molecule has 2 unspecified atom stereocenters. The Labute approximate surface area is 613 Å². The van der Waals surface area contributed by atoms with Gasteiger partial charge in [-0.15, -0.1) is 0 Å². The maximum atomic E-state index is 13.1. The number of carbonyl (C=O) groups excluding carboxylic acids is 4. The molecule has 0 saturated heterocycles. The van der Waals surface area contributed by atoms with Gasteiger partial charge in [-0.2, -0.15) is 0 Å². The van der Waals surface area contributed by atoms with E-state index in [2.05, 4.69) is 41.5 Å². The number of aliphatic hydroxyl groups is 1. The van der Waals surface area contributed by atoms with Crippen LogP contribution in [0.2, 0.25) is 0 Å². The zero-order valence-corrected chi connectivity index (χ0v) is 67.3. The van der Waals surface area contributed by atoms with Crippen LogP contribution >= 0.6 is 15.6 Å². The summed E-state index contributed by atoms with van der Waals surface area (Å²) >= 11 is 0. The molecule has 594 valence electrons. The molecule has 0 spiro atoms. The number of hydrogen-bond donors (Lipinski definition) is 3. The Morgan fingerprint density at radius 3 is 0.680 bits per heavy atom. The van der Waals surface area contributed by atoms with Crippen molar-refractivity contribution in [3.05, 3.63) is 0 Å². The van der Waals surface area contributed by atoms with Gasteiger partial charge in [-0.3, -0.25) is 37.3 Å². The van der Waals surface area contributed by atoms with Crippen molar-refractivity contribution in [2.45, 2.75) is 445 Å². The van der Waals surface area contributed by atoms with Crippen molar-refractivity contribution < 1.29 is 80.2 Å². The Kier molecular flexibility index (Phi) is 71.2. The predicted octanol–water partition coefficient (Wildman–Crippen LogP) is 24.3. The minimum absolute atomic E-state index is 0.107. The second-order valence-electron chi connectivity index (χ2n) is 30.1. The van der Waals surface area contributed by atoms with Crippen molar-refractivity contribution in [2.75, 3.05) is 39.6 Å². The zero-order valence-electron chi connectivity index (χ0n) is 65.5. The van der Waals surface area contributed by atoms with Gasteiger partial charge in [-0.25, -0.2) is 9.13 Å². The highest BCUT2D eigenvalue weighted by molar-refractivity contribution is 7.47. The fourth-order valence-corrected chi connectivity index (χ4v) is 14.1. The van der Waals surface area contributed by atoms with E-state index in [1.165, 1.54) is 244 Å². The van der Waals surface area contributed by atoms with Gasteiger partial charge in [-0.1, -0.05) is 375 Å². The fourth-order valence-electron chi connectivity index (χ4n) is 12.5. The third-order valence-electron chi connectivity index (χ3n) is 19.0. The summed E-state index contributed by atoms with van der Waals surface area (Å²) < 4.78 is 68.7. The topological polar surface area (TPSA) is 237 Å². The first-order valence-electron chi connectivity index (χ1n) is 42.0. The molecule has 0 aromatic carbocycles. The summed E-state index contributed by atoms with van der Waals surface area (Å²) in [5, 5.41) is 10.6. The van der Waals surface area contributed by atoms with Crippen molar-refractivity contribution in [1.29, 1.82) is 0 Å². The molecule has 0 heterocycles. The van der Waals surface area contributed by atoms with Crippen LogP contribution in [0, 0.1) is 11.8 Å². The zero-order chi connectivity index (χ0) is 73.5. The van der Waals surface area contributed by atoms with E-state index in [0.29, 0.717) is 25.7 Å². The second-order valence-corrected chi connectivity index (χ2v) is 33.0. The Bertz CT molecular complexity index is 1920. The van der Waals surface area contributed by atoms with E-state index >= 15 is 0 Å². The normalized spacial score (nSPS) is 13.9. The molecule has 0 aromatic heterocycles. The van der Waals surface area contributed by atoms with Gasteiger partial charge in [0.15, 0.2) is 12.2 Å². The number of phosphoric acid groups is 2. The number of hydrogen-bond acceptors (Lipinski definition) is 15. The number of carbonyl (C=O) groups is 4. The third-order valence-corrected chi connectivity index (χ3v) is 20.9. The maximum absolute atomic E-state index is 13.1. The first-order chi connectivity index (χ1) is 48.4. The van der Waals surface area contributed by atoms with E-state index < -0.39 is 97.5 Å². The Balaban J connectivity index is 5.25. The molecule has 0 radical (unpaired) electrons. The fraction of sp³-hybridized carbons (Fsp3) is 0.951. The number of aliphatic hydroxyl groups excluding tert-OH is 1. The molecule has 0 aliphatic heterocycles. The number of esters is 4. The monoisotopic (exact) mass is 1470 g/mol. The minimum atomic E-state index is -4.96. The highest BCUT2D eigenvalue weighted by Crippen LogP contribution is 2.45. The second kappa shape index (κ2) is 72.6. The summed E-state index contributed by atoms with van der Waals surface area (Å²) in [6.07, 6.45) is 62.3. The van der Waals surface area contributed by atoms with Crippen molar-refractivity contribution in [3.63, 3.8) is 0 Å². The van der Waals surface area contributed by atoms with Gasteiger partial charge >= 0.3 is 39.5 Å². The number of unbranched alkanes of at least 4 members (excludes halogenated alkanes) is 50. The van der Waals surface area contributed by atoms with E-state index in [4.69, 9.17) is 37.0 Å². The summed E-state index contributed by atoms with van der Waals surface area (Å²) in [5.74, 6) is -0.548. The molecule has 0 saturated carbocycles. The molecule has 0 bridgehead atoms. The van der Waals surface area contributed by atoms with Crippen LogP contribution in [0.1, 0.15) is 427 Å². The average molecular weight is 1470 g/mol. The van der Waals surface area contributed by atoms with Gasteiger partial charge in [0.05, 0.1) is 26.4 Å². The van der Waals surface area contributed by atoms with Crippen molar-refractivity contribution in [3.8, 4) is 0 Å². The number of ether oxygens (including phenoxy) is 4. The molecule has 0 aliphatic carbocycles. The van der Waals surface area contributed by atoms with Gasteiger partial charge in [0.1, 0.15) is 19.3 Å². The van der Waals surface area contributed by atoms with Crippen LogP contribution in [-0.4, -0.2) is 96.7 Å². The van der Waals surface area contributed by atoms with E-state index in [9.17, 15) is 43.2 Å². The molecule has 0 aromatic rings. The molecular formula is C81H158O17P2. The molecule has 5 atom stereocenters. The van der Waals surface area contributed by atoms with Crippen LogP contribution in [0.25, 0.3) is 0 Å². The average Bonchev–Trinajstić information content (AvgIpc) is 0.972. The summed E-state index contributed by atoms with van der Waals surface area (Å²) in [5.41, 5.74) is 0. The number of rotatable bonds is 80. The lowest BCUT2D eigenvalue weighted by Crippen LogP contribution is -2.30. The molecule has 3 N–H and O–H groups in total. The van der Waals surface area contributed by atoms with Gasteiger partial charge < -0.3 is 33.8 Å². The van der Waals surface area contributed by atoms with Crippen LogP contribution in [0.4, 0.5) is 0 Å². The van der Waals surface area contributed by atoms with Gasteiger partial charge in [0.2, 0.25) is 0 Å². The molecule has 100 heavy (non-hydrogen) atoms. The van der Waals surface area contributed by atoms with Crippen LogP contribution in [-0.2, 0) is 65.4 Å². The van der Waals surface area contributed by atoms with Crippen LogP contribution in [0.15, 0.2) is 0 Å². The highest BCUT2D eigenvalue weighted by atomic mass is 31.2. The van der Waals surface area contributed by atoms with Crippen LogP contribution in [0.5, 0.6) is 0 Å². The van der Waals surface area contributed by atoms with Crippen LogP contribution < -0.4 is 0 Å². The Morgan fingerprint density at radius 2 is 0.460 bits per heavy atom. The standard InChI is InChI=1S/C81H158O17P2/c1-7-9-11-13-15-17-19-20-21-22-23-24-25-26-35-41-47-53-59-65-80(85)97-77(70-92-79(84)64-58-52-46-40-34-29-27-32-37-43-49-55-61-73(3)4)72-96-100(89,90)94-68-75(82)67-93-99(87,88)95-71-76(69-91-78(83)63-57-51-45-39-31-18-16-14-12-10-8-2)98-81(86)66-60-54-48-42-36-30-28-33-38-44-50-56-62-74(5)6/h73-77,82H,7-72H2,1-6H3,(H,87,88)(H,89,90)/t75-,76+,77+/m0/s1. The molecule has 0 aliphatic rings. The van der Waals surface area contributed by atoms with E-state index in [-0.39, 0.29) is 25.7 Å². The molecule has 0 fully saturated rings. The largest absolute Gasteiger partial charge is 0.472 e. The summed E-state index contributed by atoms with van der Waals surface area (Å²) in [6.45, 7) is 9.66. The Hall–Kier alpha value is -1.94. The summed E-state index contributed by atoms with van der Waals surface area (Å²) in [6, 6.07) is 0. The molecular weight excluding hydrogens is 1310 g/mol. The maximum Gasteiger partial charge on any atom is 0.472 e. The predicted molar refractivity (Wildman–Crippen MR) is 409 cm³/mol. The van der Waals surface area contributed by atoms with Gasteiger partial charge in [0.25, 0.3) is 0 Å². The summed E-state index contributed by atoms with van der Waals surface area (Å²) in [4.78, 5) is 73.0. The first kappa shape index (κ1) is 98.1. The SMILES string of the molecule is CCCCCCCCCCCCCCCCCCCCCC(=O)O[C@H](COC(=O)CCCCCCCCCCCCCCC(C)C)COP(=O)(O)OC[C@@H](O)COP(=O)(O)OC[C@@H](COC(=O)CCCCCCCCCCCCC)OC(=O)CCCCCCCCCCCCCCC(C)C. The van der Waals surface area contributed by atoms with E-state index in [1.54, 1.807) is 0 Å². The lowest BCUT2D eigenvalue weighted by molar-refractivity contribution is -0.161. The van der Waals surface area contributed by atoms with E-state index in [0.717, 1.165) is 102 Å². The molecule has 17 nitrogen and oxygen atoms in total. The van der Waals surface area contributed by atoms with Crippen molar-refractivity contribution in [2.24, 2.45) is 11.8 Å². The summed E-state index contributed by atoms with van der Waals surface area (Å²) in [7, 11) is -9.92. The third kappa shape index (κ3) is 74.3. The molecule has 19 heteroatoms. The van der Waals surface area contributed by atoms with Gasteiger partial charge in [-0.05, 0) is 37.5 Å². The molecule has 0 amide bonds. The van der Waals surface area contributed by atoms with Crippen molar-refractivity contribution >= 4 is 39.5 Å². The quantitative estimate of drug-likeness (QED) is 0.0222. The van der Waals surface area contributed by atoms with Crippen molar-refractivity contribution in [1.82, 2.24) is 0 Å². The van der Waals surface area contributed by atoms with E-state index in [1.807, 2.05) is 0 Å². The first-order valence-corrected chi connectivity index (χ1v) is 45.0. The van der Waals surface area contributed by atoms with Crippen LogP contribution in [0.3, 0.4) is 0 Å².